The van der Waals surface area contributed by atoms with Crippen molar-refractivity contribution >= 4 is 11.8 Å². The Morgan fingerprint density at radius 1 is 1.60 bits per heavy atom. The molecule has 5 nitrogen and oxygen atoms in total. The van der Waals surface area contributed by atoms with Gasteiger partial charge >= 0.3 is 6.09 Å². The van der Waals surface area contributed by atoms with Crippen molar-refractivity contribution in [3.05, 3.63) is 24.3 Å². The Hall–Kier alpha value is -2.22. The Bertz CT molecular complexity index is 384. The minimum absolute atomic E-state index is 0.0261. The standard InChI is InChI=1S/C10H10N2O3/c1-14-10(13)12-8-3-2-4-9(7-8)15-6-5-11/h2-4,7H,6H2,1H3,(H,12,13). The van der Waals surface area contributed by atoms with Gasteiger partial charge in [0.15, 0.2) is 6.61 Å². The van der Waals surface area contributed by atoms with E-state index in [2.05, 4.69) is 10.1 Å². The van der Waals surface area contributed by atoms with Crippen LogP contribution in [0.1, 0.15) is 0 Å². The average molecular weight is 206 g/mol. The Balaban J connectivity index is 2.66. The normalized spacial score (nSPS) is 8.80. The molecule has 1 amide bonds. The lowest BCUT2D eigenvalue weighted by Gasteiger charge is -2.05. The molecule has 0 saturated heterocycles. The topological polar surface area (TPSA) is 71.3 Å². The fourth-order valence-corrected chi connectivity index (χ4v) is 0.948. The van der Waals surface area contributed by atoms with Gasteiger partial charge in [-0.3, -0.25) is 5.32 Å². The van der Waals surface area contributed by atoms with Crippen LogP contribution in [0.2, 0.25) is 0 Å². The van der Waals surface area contributed by atoms with Crippen LogP contribution in [-0.4, -0.2) is 19.8 Å². The second-order valence-corrected chi connectivity index (χ2v) is 2.59. The fourth-order valence-electron chi connectivity index (χ4n) is 0.948. The lowest BCUT2D eigenvalue weighted by Crippen LogP contribution is -2.10. The van der Waals surface area contributed by atoms with Crippen LogP contribution in [0.3, 0.4) is 0 Å². The van der Waals surface area contributed by atoms with E-state index in [1.165, 1.54) is 7.11 Å². The summed E-state index contributed by atoms with van der Waals surface area (Å²) in [5, 5.41) is 10.8. The molecule has 0 saturated carbocycles. The molecule has 1 aromatic carbocycles. The molecule has 0 spiro atoms. The van der Waals surface area contributed by atoms with E-state index >= 15 is 0 Å². The number of nitrogens with zero attached hydrogens (tertiary/aromatic N) is 1. The predicted octanol–water partition coefficient (Wildman–Crippen LogP) is 1.77. The van der Waals surface area contributed by atoms with Gasteiger partial charge in [-0.2, -0.15) is 5.26 Å². The van der Waals surface area contributed by atoms with E-state index in [4.69, 9.17) is 10.00 Å². The molecule has 0 aliphatic carbocycles. The lowest BCUT2D eigenvalue weighted by molar-refractivity contribution is 0.187. The third-order valence-corrected chi connectivity index (χ3v) is 1.57. The number of carbonyl (C=O) groups is 1. The van der Waals surface area contributed by atoms with Gasteiger partial charge in [0.25, 0.3) is 0 Å². The molecule has 1 N–H and O–H groups in total. The van der Waals surface area contributed by atoms with Crippen molar-refractivity contribution in [1.82, 2.24) is 0 Å². The van der Waals surface area contributed by atoms with Gasteiger partial charge in [-0.05, 0) is 12.1 Å². The van der Waals surface area contributed by atoms with Crippen LogP contribution < -0.4 is 10.1 Å². The molecule has 15 heavy (non-hydrogen) atoms. The van der Waals surface area contributed by atoms with Crippen molar-refractivity contribution in [2.75, 3.05) is 19.0 Å². The zero-order chi connectivity index (χ0) is 11.1. The van der Waals surface area contributed by atoms with Crippen LogP contribution in [0.15, 0.2) is 24.3 Å². The van der Waals surface area contributed by atoms with Crippen molar-refractivity contribution in [1.29, 1.82) is 5.26 Å². The highest BCUT2D eigenvalue weighted by Crippen LogP contribution is 2.17. The molecule has 1 rings (SSSR count). The molecule has 0 atom stereocenters. The zero-order valence-electron chi connectivity index (χ0n) is 8.19. The van der Waals surface area contributed by atoms with E-state index in [1.54, 1.807) is 24.3 Å². The molecule has 0 bridgehead atoms. The molecule has 5 heteroatoms. The quantitative estimate of drug-likeness (QED) is 0.818. The largest absolute Gasteiger partial charge is 0.479 e. The van der Waals surface area contributed by atoms with Gasteiger partial charge < -0.3 is 9.47 Å². The van der Waals surface area contributed by atoms with E-state index in [0.717, 1.165) is 0 Å². The fraction of sp³-hybridized carbons (Fsp3) is 0.200. The first-order chi connectivity index (χ1) is 7.26. The second kappa shape index (κ2) is 5.50. The molecular formula is C10H10N2O3. The minimum atomic E-state index is -0.549. The third kappa shape index (κ3) is 3.56. The van der Waals surface area contributed by atoms with Gasteiger partial charge in [-0.1, -0.05) is 6.07 Å². The van der Waals surface area contributed by atoms with Gasteiger partial charge in [0.2, 0.25) is 0 Å². The van der Waals surface area contributed by atoms with Crippen LogP contribution >= 0.6 is 0 Å². The molecule has 0 unspecified atom stereocenters. The summed E-state index contributed by atoms with van der Waals surface area (Å²) in [5.41, 5.74) is 0.553. The van der Waals surface area contributed by atoms with Gasteiger partial charge in [0.05, 0.1) is 7.11 Å². The summed E-state index contributed by atoms with van der Waals surface area (Å²) in [7, 11) is 1.28. The predicted molar refractivity (Wildman–Crippen MR) is 53.6 cm³/mol. The number of hydrogen-bond donors (Lipinski definition) is 1. The summed E-state index contributed by atoms with van der Waals surface area (Å²) >= 11 is 0. The number of rotatable bonds is 3. The van der Waals surface area contributed by atoms with E-state index in [9.17, 15) is 4.79 Å². The summed E-state index contributed by atoms with van der Waals surface area (Å²) in [6.45, 7) is -0.0261. The highest BCUT2D eigenvalue weighted by Gasteiger charge is 2.01. The van der Waals surface area contributed by atoms with Crippen molar-refractivity contribution in [2.45, 2.75) is 0 Å². The van der Waals surface area contributed by atoms with E-state index in [0.29, 0.717) is 11.4 Å². The van der Waals surface area contributed by atoms with Crippen molar-refractivity contribution in [3.8, 4) is 11.8 Å². The van der Waals surface area contributed by atoms with Gasteiger partial charge in [-0.25, -0.2) is 4.79 Å². The SMILES string of the molecule is COC(=O)Nc1cccc(OCC#N)c1. The first-order valence-corrected chi connectivity index (χ1v) is 4.21. The van der Waals surface area contributed by atoms with Gasteiger partial charge in [0.1, 0.15) is 11.8 Å². The Morgan fingerprint density at radius 3 is 3.07 bits per heavy atom. The Labute approximate surface area is 87.2 Å². The second-order valence-electron chi connectivity index (χ2n) is 2.59. The third-order valence-electron chi connectivity index (χ3n) is 1.57. The maximum absolute atomic E-state index is 10.9. The van der Waals surface area contributed by atoms with E-state index in [1.807, 2.05) is 6.07 Å². The van der Waals surface area contributed by atoms with Crippen LogP contribution in [0.25, 0.3) is 0 Å². The first kappa shape index (κ1) is 10.9. The summed E-state index contributed by atoms with van der Waals surface area (Å²) in [4.78, 5) is 10.9. The van der Waals surface area contributed by atoms with Crippen LogP contribution in [0.4, 0.5) is 10.5 Å². The average Bonchev–Trinajstić information content (AvgIpc) is 2.26. The lowest BCUT2D eigenvalue weighted by atomic mass is 10.3. The van der Waals surface area contributed by atoms with Crippen LogP contribution in [0, 0.1) is 11.3 Å². The number of benzene rings is 1. The summed E-state index contributed by atoms with van der Waals surface area (Å²) < 4.78 is 9.49. The smallest absolute Gasteiger partial charge is 0.411 e. The molecule has 0 heterocycles. The summed E-state index contributed by atoms with van der Waals surface area (Å²) in [6.07, 6.45) is -0.549. The number of amides is 1. The molecule has 0 radical (unpaired) electrons. The highest BCUT2D eigenvalue weighted by molar-refractivity contribution is 5.84. The highest BCUT2D eigenvalue weighted by atomic mass is 16.5. The number of carbonyl (C=O) groups excluding carboxylic acids is 1. The molecular weight excluding hydrogens is 196 g/mol. The number of ether oxygens (including phenoxy) is 2. The maximum atomic E-state index is 10.9. The Kier molecular flexibility index (Phi) is 3.98. The molecule has 0 aromatic heterocycles. The van der Waals surface area contributed by atoms with Crippen molar-refractivity contribution in [3.63, 3.8) is 0 Å². The summed E-state index contributed by atoms with van der Waals surface area (Å²) in [6, 6.07) is 8.55. The Morgan fingerprint density at radius 2 is 2.40 bits per heavy atom. The first-order valence-electron chi connectivity index (χ1n) is 4.21. The number of hydrogen-bond acceptors (Lipinski definition) is 4. The van der Waals surface area contributed by atoms with Gasteiger partial charge in [-0.15, -0.1) is 0 Å². The molecule has 0 aliphatic rings. The summed E-state index contributed by atoms with van der Waals surface area (Å²) in [5.74, 6) is 0.519. The minimum Gasteiger partial charge on any atom is -0.479 e. The number of methoxy groups -OCH3 is 1. The van der Waals surface area contributed by atoms with E-state index in [-0.39, 0.29) is 6.61 Å². The number of anilines is 1. The van der Waals surface area contributed by atoms with Gasteiger partial charge in [0, 0.05) is 11.8 Å². The van der Waals surface area contributed by atoms with Crippen molar-refractivity contribution < 1.29 is 14.3 Å². The monoisotopic (exact) mass is 206 g/mol. The number of nitrogens with one attached hydrogen (secondary N) is 1. The number of nitriles is 1. The van der Waals surface area contributed by atoms with Crippen LogP contribution in [0.5, 0.6) is 5.75 Å². The van der Waals surface area contributed by atoms with Crippen LogP contribution in [-0.2, 0) is 4.74 Å². The van der Waals surface area contributed by atoms with Crippen molar-refractivity contribution in [2.24, 2.45) is 0 Å². The molecule has 78 valence electrons. The zero-order valence-corrected chi connectivity index (χ0v) is 8.19. The molecule has 1 aromatic rings. The molecule has 0 fully saturated rings. The van der Waals surface area contributed by atoms with E-state index < -0.39 is 6.09 Å². The maximum Gasteiger partial charge on any atom is 0.411 e. The molecule has 0 aliphatic heterocycles.